The summed E-state index contributed by atoms with van der Waals surface area (Å²) < 4.78 is 51.5. The molecule has 1 N–H and O–H groups in total. The summed E-state index contributed by atoms with van der Waals surface area (Å²) in [7, 11) is 3.99. The Hall–Kier alpha value is -3.45. The number of fused-ring (bicyclic) bond motifs is 1. The van der Waals surface area contributed by atoms with Crippen LogP contribution in [0.3, 0.4) is 0 Å². The van der Waals surface area contributed by atoms with Crippen molar-refractivity contribution in [2.45, 2.75) is 25.9 Å². The van der Waals surface area contributed by atoms with Crippen LogP contribution in [0.1, 0.15) is 26.6 Å². The Labute approximate surface area is 195 Å². The number of hydrogen-bond acceptors (Lipinski definition) is 9. The number of halogens is 3. The van der Waals surface area contributed by atoms with Crippen molar-refractivity contribution in [3.8, 4) is 5.75 Å². The third-order valence-electron chi connectivity index (χ3n) is 4.69. The first kappa shape index (κ1) is 25.2. The zero-order chi connectivity index (χ0) is 25.0. The van der Waals surface area contributed by atoms with E-state index in [4.69, 9.17) is 4.74 Å². The van der Waals surface area contributed by atoms with Crippen LogP contribution in [0.4, 0.5) is 13.2 Å². The fourth-order valence-corrected chi connectivity index (χ4v) is 4.42. The monoisotopic (exact) mass is 499 g/mol. The van der Waals surface area contributed by atoms with Crippen molar-refractivity contribution >= 4 is 33.5 Å². The lowest BCUT2D eigenvalue weighted by molar-refractivity contribution is -0.275. The van der Waals surface area contributed by atoms with Crippen LogP contribution in [-0.4, -0.2) is 54.4 Å². The van der Waals surface area contributed by atoms with E-state index >= 15 is 0 Å². The maximum atomic E-state index is 12.8. The zero-order valence-electron chi connectivity index (χ0n) is 18.3. The maximum Gasteiger partial charge on any atom is 0.573 e. The van der Waals surface area contributed by atoms with Gasteiger partial charge in [0, 0.05) is 17.7 Å². The molecule has 9 nitrogen and oxygen atoms in total. The predicted molar refractivity (Wildman–Crippen MR) is 116 cm³/mol. The van der Waals surface area contributed by atoms with Crippen molar-refractivity contribution in [1.82, 2.24) is 14.9 Å². The highest BCUT2D eigenvalue weighted by Crippen LogP contribution is 2.30. The van der Waals surface area contributed by atoms with E-state index in [9.17, 15) is 27.6 Å². The molecule has 0 aliphatic heterocycles. The highest BCUT2D eigenvalue weighted by molar-refractivity contribution is 7.20. The fourth-order valence-electron chi connectivity index (χ4n) is 3.29. The standard InChI is InChI=1S/C21H20F3N3O6S/c1-27(9-11-6-4-5-7-13(11)33-21(22,23)24)10-14-25-18(29)16-12(8-15(28)31-2)17(20(30)32-3)34-19(16)26-14/h4-7H,8-10H2,1-3H3,(H,25,26,29). The van der Waals surface area contributed by atoms with Crippen LogP contribution in [0, 0.1) is 0 Å². The summed E-state index contributed by atoms with van der Waals surface area (Å²) >= 11 is 0.900. The normalized spacial score (nSPS) is 11.6. The Balaban J connectivity index is 1.90. The van der Waals surface area contributed by atoms with Crippen LogP contribution in [-0.2, 0) is 33.8 Å². The third kappa shape index (κ3) is 5.91. The molecule has 0 fully saturated rings. The minimum absolute atomic E-state index is 0.0598. The van der Waals surface area contributed by atoms with Gasteiger partial charge < -0.3 is 19.2 Å². The Kier molecular flexibility index (Phi) is 7.57. The van der Waals surface area contributed by atoms with Gasteiger partial charge in [-0.15, -0.1) is 24.5 Å². The molecule has 0 aliphatic carbocycles. The summed E-state index contributed by atoms with van der Waals surface area (Å²) in [6.07, 6.45) is -5.15. The minimum Gasteiger partial charge on any atom is -0.469 e. The molecule has 0 saturated heterocycles. The molecule has 3 rings (SSSR count). The van der Waals surface area contributed by atoms with E-state index in [0.29, 0.717) is 0 Å². The van der Waals surface area contributed by atoms with E-state index in [0.717, 1.165) is 11.3 Å². The maximum absolute atomic E-state index is 12.8. The largest absolute Gasteiger partial charge is 0.573 e. The highest BCUT2D eigenvalue weighted by atomic mass is 32.1. The van der Waals surface area contributed by atoms with Gasteiger partial charge in [0.1, 0.15) is 21.3 Å². The second-order valence-corrected chi connectivity index (χ2v) is 8.17. The number of hydrogen-bond donors (Lipinski definition) is 1. The lowest BCUT2D eigenvalue weighted by Crippen LogP contribution is -2.23. The topological polar surface area (TPSA) is 111 Å². The molecule has 182 valence electrons. The van der Waals surface area contributed by atoms with Crippen molar-refractivity contribution in [2.75, 3.05) is 21.3 Å². The number of alkyl halides is 3. The first-order valence-electron chi connectivity index (χ1n) is 9.74. The highest BCUT2D eigenvalue weighted by Gasteiger charge is 2.32. The van der Waals surface area contributed by atoms with Crippen LogP contribution in [0.2, 0.25) is 0 Å². The number of nitrogens with one attached hydrogen (secondary N) is 1. The Bertz CT molecular complexity index is 1270. The van der Waals surface area contributed by atoms with Gasteiger partial charge >= 0.3 is 18.3 Å². The molecule has 0 amide bonds. The summed E-state index contributed by atoms with van der Waals surface area (Å²) in [6.45, 7) is 0.142. The van der Waals surface area contributed by atoms with Crippen LogP contribution in [0.5, 0.6) is 5.75 Å². The number of carbonyl (C=O) groups excluding carboxylic acids is 2. The van der Waals surface area contributed by atoms with Crippen molar-refractivity contribution in [1.29, 1.82) is 0 Å². The zero-order valence-corrected chi connectivity index (χ0v) is 19.1. The summed E-state index contributed by atoms with van der Waals surface area (Å²) in [5.41, 5.74) is -0.125. The lowest BCUT2D eigenvalue weighted by atomic mass is 10.1. The van der Waals surface area contributed by atoms with E-state index in [1.807, 2.05) is 0 Å². The SMILES string of the molecule is COC(=O)Cc1c(C(=O)OC)sc2nc(CN(C)Cc3ccccc3OC(F)(F)F)[nH]c(=O)c12. The van der Waals surface area contributed by atoms with Crippen LogP contribution >= 0.6 is 11.3 Å². The molecular weight excluding hydrogens is 479 g/mol. The summed E-state index contributed by atoms with van der Waals surface area (Å²) in [6, 6.07) is 5.73. The molecule has 0 aliphatic rings. The number of esters is 2. The van der Waals surface area contributed by atoms with Crippen LogP contribution in [0.25, 0.3) is 10.2 Å². The van der Waals surface area contributed by atoms with Gasteiger partial charge in [-0.2, -0.15) is 0 Å². The fraction of sp³-hybridized carbons (Fsp3) is 0.333. The molecule has 2 heterocycles. The summed E-state index contributed by atoms with van der Waals surface area (Å²) in [5, 5.41) is 0.0751. The molecule has 0 unspecified atom stereocenters. The number of nitrogens with zero attached hydrogens (tertiary/aromatic N) is 2. The number of para-hydroxylation sites is 1. The molecular formula is C21H20F3N3O6S. The van der Waals surface area contributed by atoms with Gasteiger partial charge in [0.2, 0.25) is 0 Å². The van der Waals surface area contributed by atoms with Gasteiger partial charge in [-0.05, 0) is 13.1 Å². The van der Waals surface area contributed by atoms with Gasteiger partial charge in [-0.3, -0.25) is 14.5 Å². The molecule has 0 saturated carbocycles. The average molecular weight is 499 g/mol. The molecule has 3 aromatic rings. The molecule has 2 aromatic heterocycles. The molecule has 0 bridgehead atoms. The number of ether oxygens (including phenoxy) is 3. The molecule has 0 spiro atoms. The third-order valence-corrected chi connectivity index (χ3v) is 5.79. The molecule has 0 atom stereocenters. The number of carbonyl (C=O) groups is 2. The second kappa shape index (κ2) is 10.2. The average Bonchev–Trinajstić information content (AvgIpc) is 3.11. The number of aromatic amines is 1. The smallest absolute Gasteiger partial charge is 0.469 e. The summed E-state index contributed by atoms with van der Waals surface area (Å²) in [5.74, 6) is -1.47. The Morgan fingerprint density at radius 1 is 1.15 bits per heavy atom. The molecule has 0 radical (unpaired) electrons. The van der Waals surface area contributed by atoms with Gasteiger partial charge in [0.15, 0.2) is 0 Å². The number of methoxy groups -OCH3 is 2. The molecule has 1 aromatic carbocycles. The van der Waals surface area contributed by atoms with Crippen LogP contribution in [0.15, 0.2) is 29.1 Å². The minimum atomic E-state index is -4.83. The molecule has 34 heavy (non-hydrogen) atoms. The van der Waals surface area contributed by atoms with E-state index in [-0.39, 0.29) is 57.3 Å². The number of H-pyrrole nitrogens is 1. The Morgan fingerprint density at radius 2 is 1.85 bits per heavy atom. The van der Waals surface area contributed by atoms with E-state index < -0.39 is 23.9 Å². The van der Waals surface area contributed by atoms with Crippen molar-refractivity contribution in [2.24, 2.45) is 0 Å². The van der Waals surface area contributed by atoms with Crippen LogP contribution < -0.4 is 10.3 Å². The number of benzene rings is 1. The van der Waals surface area contributed by atoms with E-state index in [1.54, 1.807) is 18.0 Å². The first-order chi connectivity index (χ1) is 16.0. The van der Waals surface area contributed by atoms with E-state index in [1.165, 1.54) is 32.4 Å². The van der Waals surface area contributed by atoms with E-state index in [2.05, 4.69) is 19.4 Å². The number of aromatic nitrogens is 2. The van der Waals surface area contributed by atoms with Gasteiger partial charge in [-0.1, -0.05) is 18.2 Å². The predicted octanol–water partition coefficient (Wildman–Crippen LogP) is 3.02. The van der Waals surface area contributed by atoms with Crippen molar-refractivity contribution in [3.63, 3.8) is 0 Å². The van der Waals surface area contributed by atoms with Crippen molar-refractivity contribution in [3.05, 3.63) is 56.4 Å². The first-order valence-corrected chi connectivity index (χ1v) is 10.6. The van der Waals surface area contributed by atoms with Crippen molar-refractivity contribution < 1.29 is 37.0 Å². The second-order valence-electron chi connectivity index (χ2n) is 7.17. The van der Waals surface area contributed by atoms with Gasteiger partial charge in [-0.25, -0.2) is 9.78 Å². The molecule has 13 heteroatoms. The van der Waals surface area contributed by atoms with Gasteiger partial charge in [0.25, 0.3) is 5.56 Å². The Morgan fingerprint density at radius 3 is 2.50 bits per heavy atom. The number of rotatable bonds is 8. The van der Waals surface area contributed by atoms with Gasteiger partial charge in [0.05, 0.1) is 32.6 Å². The number of thiophene rings is 1. The quantitative estimate of drug-likeness (QED) is 0.471. The summed E-state index contributed by atoms with van der Waals surface area (Å²) in [4.78, 5) is 45.7. The lowest BCUT2D eigenvalue weighted by Gasteiger charge is -2.19.